The van der Waals surface area contributed by atoms with Crippen molar-refractivity contribution in [2.45, 2.75) is 44.6 Å². The molecule has 0 aliphatic heterocycles. The van der Waals surface area contributed by atoms with Gasteiger partial charge in [0.05, 0.1) is 12.8 Å². The molecule has 104 valence electrons. The molecule has 2 aliphatic carbocycles. The van der Waals surface area contributed by atoms with Crippen LogP contribution in [0.5, 0.6) is 5.75 Å². The Kier molecular flexibility index (Phi) is 4.01. The molecule has 1 aromatic rings. The normalized spacial score (nSPS) is 27.1. The number of hydrogen-bond acceptors (Lipinski definition) is 2. The summed E-state index contributed by atoms with van der Waals surface area (Å²) < 4.78 is 6.43. The molecule has 3 rings (SSSR count). The van der Waals surface area contributed by atoms with Crippen LogP contribution >= 0.6 is 15.9 Å². The molecular formula is C16H22BrNO. The number of halogens is 1. The first-order valence-electron chi connectivity index (χ1n) is 7.36. The summed E-state index contributed by atoms with van der Waals surface area (Å²) in [7, 11) is 1.72. The van der Waals surface area contributed by atoms with E-state index in [0.717, 1.165) is 22.1 Å². The minimum Gasteiger partial charge on any atom is -0.497 e. The molecule has 0 spiro atoms. The van der Waals surface area contributed by atoms with Crippen molar-refractivity contribution in [3.8, 4) is 5.75 Å². The fourth-order valence-electron chi connectivity index (χ4n) is 3.32. The molecular weight excluding hydrogens is 302 g/mol. The molecule has 0 saturated heterocycles. The van der Waals surface area contributed by atoms with Crippen LogP contribution in [-0.2, 0) is 0 Å². The van der Waals surface area contributed by atoms with Crippen LogP contribution in [0.15, 0.2) is 22.7 Å². The van der Waals surface area contributed by atoms with Crippen LogP contribution in [0.3, 0.4) is 0 Å². The lowest BCUT2D eigenvalue weighted by Gasteiger charge is -2.31. The average molecular weight is 324 g/mol. The van der Waals surface area contributed by atoms with Gasteiger partial charge in [-0.25, -0.2) is 0 Å². The molecule has 2 atom stereocenters. The molecule has 2 fully saturated rings. The van der Waals surface area contributed by atoms with Crippen molar-refractivity contribution in [1.82, 2.24) is 0 Å². The van der Waals surface area contributed by atoms with E-state index in [2.05, 4.69) is 33.4 Å². The van der Waals surface area contributed by atoms with Crippen LogP contribution in [0.25, 0.3) is 0 Å². The van der Waals surface area contributed by atoms with Crippen molar-refractivity contribution in [1.29, 1.82) is 0 Å². The molecule has 2 saturated carbocycles. The van der Waals surface area contributed by atoms with Crippen LogP contribution in [-0.4, -0.2) is 13.2 Å². The summed E-state index contributed by atoms with van der Waals surface area (Å²) in [4.78, 5) is 0. The number of methoxy groups -OCH3 is 1. The second kappa shape index (κ2) is 5.74. The topological polar surface area (TPSA) is 21.3 Å². The van der Waals surface area contributed by atoms with Crippen molar-refractivity contribution >= 4 is 21.6 Å². The largest absolute Gasteiger partial charge is 0.497 e. The summed E-state index contributed by atoms with van der Waals surface area (Å²) >= 11 is 3.62. The van der Waals surface area contributed by atoms with E-state index in [4.69, 9.17) is 4.74 Å². The number of nitrogens with one attached hydrogen (secondary N) is 1. The summed E-state index contributed by atoms with van der Waals surface area (Å²) in [5.41, 5.74) is 1.17. The lowest BCUT2D eigenvalue weighted by Crippen LogP contribution is -2.28. The smallest absolute Gasteiger partial charge is 0.121 e. The molecule has 19 heavy (non-hydrogen) atoms. The van der Waals surface area contributed by atoms with Gasteiger partial charge in [0.15, 0.2) is 0 Å². The number of benzene rings is 1. The lowest BCUT2D eigenvalue weighted by atomic mass is 9.82. The third-order valence-corrected chi connectivity index (χ3v) is 5.23. The molecule has 0 amide bonds. The van der Waals surface area contributed by atoms with Crippen LogP contribution in [0.4, 0.5) is 5.69 Å². The predicted octanol–water partition coefficient (Wildman–Crippen LogP) is 4.84. The van der Waals surface area contributed by atoms with Gasteiger partial charge >= 0.3 is 0 Å². The zero-order chi connectivity index (χ0) is 13.2. The Morgan fingerprint density at radius 3 is 2.74 bits per heavy atom. The third-order valence-electron chi connectivity index (χ3n) is 4.54. The van der Waals surface area contributed by atoms with Crippen molar-refractivity contribution < 1.29 is 4.74 Å². The molecule has 2 aliphatic rings. The Hall–Kier alpha value is -0.700. The van der Waals surface area contributed by atoms with E-state index in [1.165, 1.54) is 44.2 Å². The summed E-state index contributed by atoms with van der Waals surface area (Å²) in [5, 5.41) is 3.71. The number of anilines is 1. The van der Waals surface area contributed by atoms with Crippen LogP contribution in [0.2, 0.25) is 0 Å². The van der Waals surface area contributed by atoms with Gasteiger partial charge < -0.3 is 10.1 Å². The number of ether oxygens (including phenoxy) is 1. The van der Waals surface area contributed by atoms with E-state index < -0.39 is 0 Å². The monoisotopic (exact) mass is 323 g/mol. The Morgan fingerprint density at radius 2 is 2.00 bits per heavy atom. The molecule has 0 bridgehead atoms. The Labute approximate surface area is 124 Å². The van der Waals surface area contributed by atoms with Crippen LogP contribution < -0.4 is 10.1 Å². The van der Waals surface area contributed by atoms with Crippen molar-refractivity contribution in [3.63, 3.8) is 0 Å². The molecule has 1 N–H and O–H groups in total. The molecule has 0 heterocycles. The Bertz CT molecular complexity index is 444. The van der Waals surface area contributed by atoms with Gasteiger partial charge in [0.1, 0.15) is 5.75 Å². The van der Waals surface area contributed by atoms with Gasteiger partial charge in [-0.15, -0.1) is 0 Å². The highest BCUT2D eigenvalue weighted by atomic mass is 79.9. The van der Waals surface area contributed by atoms with E-state index in [1.54, 1.807) is 7.11 Å². The molecule has 0 aromatic heterocycles. The third kappa shape index (κ3) is 3.25. The van der Waals surface area contributed by atoms with Crippen LogP contribution in [0.1, 0.15) is 38.5 Å². The minimum atomic E-state index is 0.628. The second-order valence-electron chi connectivity index (χ2n) is 5.95. The van der Waals surface area contributed by atoms with Crippen LogP contribution in [0, 0.1) is 11.8 Å². The van der Waals surface area contributed by atoms with E-state index in [9.17, 15) is 0 Å². The maximum absolute atomic E-state index is 5.31. The van der Waals surface area contributed by atoms with Crippen molar-refractivity contribution in [3.05, 3.63) is 22.7 Å². The first-order chi connectivity index (χ1) is 9.26. The summed E-state index contributed by atoms with van der Waals surface area (Å²) in [6.07, 6.45) is 8.41. The summed E-state index contributed by atoms with van der Waals surface area (Å²) in [5.74, 6) is 2.93. The zero-order valence-electron chi connectivity index (χ0n) is 11.5. The van der Waals surface area contributed by atoms with Gasteiger partial charge in [-0.2, -0.15) is 0 Å². The van der Waals surface area contributed by atoms with Gasteiger partial charge in [-0.05, 0) is 65.6 Å². The van der Waals surface area contributed by atoms with E-state index in [1.807, 2.05) is 6.07 Å². The fourth-order valence-corrected chi connectivity index (χ4v) is 3.68. The van der Waals surface area contributed by atoms with E-state index in [-0.39, 0.29) is 0 Å². The molecule has 1 aromatic carbocycles. The quantitative estimate of drug-likeness (QED) is 0.856. The van der Waals surface area contributed by atoms with Gasteiger partial charge in [0, 0.05) is 16.6 Å². The molecule has 3 heteroatoms. The van der Waals surface area contributed by atoms with Gasteiger partial charge in [-0.1, -0.05) is 12.8 Å². The fraction of sp³-hybridized carbons (Fsp3) is 0.625. The highest BCUT2D eigenvalue weighted by molar-refractivity contribution is 9.10. The highest BCUT2D eigenvalue weighted by Gasteiger charge is 2.34. The first-order valence-corrected chi connectivity index (χ1v) is 8.15. The van der Waals surface area contributed by atoms with Gasteiger partial charge in [-0.3, -0.25) is 0 Å². The number of hydrogen-bond donors (Lipinski definition) is 1. The first kappa shape index (κ1) is 13.3. The lowest BCUT2D eigenvalue weighted by molar-refractivity contribution is 0.303. The summed E-state index contributed by atoms with van der Waals surface area (Å²) in [6, 6.07) is 6.76. The molecule has 2 unspecified atom stereocenters. The summed E-state index contributed by atoms with van der Waals surface area (Å²) in [6.45, 7) is 0. The van der Waals surface area contributed by atoms with E-state index >= 15 is 0 Å². The molecule has 2 nitrogen and oxygen atoms in total. The van der Waals surface area contributed by atoms with Crippen molar-refractivity contribution in [2.24, 2.45) is 11.8 Å². The second-order valence-corrected chi connectivity index (χ2v) is 6.81. The van der Waals surface area contributed by atoms with Gasteiger partial charge in [0.25, 0.3) is 0 Å². The predicted molar refractivity (Wildman–Crippen MR) is 82.8 cm³/mol. The molecule has 0 radical (unpaired) electrons. The van der Waals surface area contributed by atoms with Crippen molar-refractivity contribution in [2.75, 3.05) is 12.4 Å². The Morgan fingerprint density at radius 1 is 1.16 bits per heavy atom. The standard InChI is InChI=1S/C16H22BrNO/c1-19-14-7-8-15(17)16(10-14)18-13-4-2-3-12(9-13)11-5-6-11/h7-8,10-13,18H,2-6,9H2,1H3. The maximum atomic E-state index is 5.31. The zero-order valence-corrected chi connectivity index (χ0v) is 13.1. The average Bonchev–Trinajstić information content (AvgIpc) is 3.26. The van der Waals surface area contributed by atoms with E-state index in [0.29, 0.717) is 6.04 Å². The SMILES string of the molecule is COc1ccc(Br)c(NC2CCCC(C3CC3)C2)c1. The highest BCUT2D eigenvalue weighted by Crippen LogP contribution is 2.44. The van der Waals surface area contributed by atoms with Gasteiger partial charge in [0.2, 0.25) is 0 Å². The minimum absolute atomic E-state index is 0.628. The number of rotatable bonds is 4. The maximum Gasteiger partial charge on any atom is 0.121 e. The Balaban J connectivity index is 1.66.